The number of aliphatic carboxylic acids is 1. The summed E-state index contributed by atoms with van der Waals surface area (Å²) in [4.78, 5) is 9.46. The number of hydrogen-bond acceptors (Lipinski definition) is 3. The molecule has 0 bridgehead atoms. The number of aryl methyl sites for hydroxylation is 1. The predicted molar refractivity (Wildman–Crippen MR) is 50.0 cm³/mol. The molecule has 0 saturated carbocycles. The van der Waals surface area contributed by atoms with Crippen molar-refractivity contribution in [2.45, 2.75) is 6.92 Å². The Bertz CT molecular complexity index is 323. The van der Waals surface area contributed by atoms with Crippen LogP contribution in [0.25, 0.3) is 11.1 Å². The number of nitrogens with one attached hydrogen (secondary N) is 1. The number of rotatable bonds is 2. The molecule has 0 heterocycles. The Morgan fingerprint density at radius 1 is 1.62 bits per heavy atom. The van der Waals surface area contributed by atoms with E-state index >= 15 is 0 Å². The van der Waals surface area contributed by atoms with Gasteiger partial charge in [-0.3, -0.25) is 10.6 Å². The highest BCUT2D eigenvalue weighted by atomic mass is 16.4. The monoisotopic (exact) mass is 180 g/mol. The second-order valence-corrected chi connectivity index (χ2v) is 2.80. The average molecular weight is 180 g/mol. The molecule has 0 amide bonds. The summed E-state index contributed by atoms with van der Waals surface area (Å²) in [6.07, 6.45) is 0. The van der Waals surface area contributed by atoms with Crippen molar-refractivity contribution >= 4 is 5.97 Å². The van der Waals surface area contributed by atoms with Gasteiger partial charge in [-0.1, -0.05) is 12.1 Å². The van der Waals surface area contributed by atoms with Crippen molar-refractivity contribution < 1.29 is 9.90 Å². The zero-order chi connectivity index (χ0) is 9.84. The number of nitrogens with two attached hydrogens (primary N) is 1. The summed E-state index contributed by atoms with van der Waals surface area (Å²) >= 11 is 0. The fourth-order valence-electron chi connectivity index (χ4n) is 0.991. The van der Waals surface area contributed by atoms with Gasteiger partial charge in [0.2, 0.25) is 0 Å². The van der Waals surface area contributed by atoms with E-state index in [-0.39, 0.29) is 6.54 Å². The number of carboxylic acid groups (broad SMARTS) is 1. The second-order valence-electron chi connectivity index (χ2n) is 2.80. The van der Waals surface area contributed by atoms with Gasteiger partial charge in [-0.2, -0.15) is 0 Å². The lowest BCUT2D eigenvalue weighted by molar-refractivity contribution is -0.135. The Balaban J connectivity index is 0.000000133. The SMILES string of the molecule is Cc1ccc2cc1-2.NNCC(=O)O. The Morgan fingerprint density at radius 2 is 2.31 bits per heavy atom. The molecular formula is C9H12N2O2. The molecule has 0 fully saturated rings. The first kappa shape index (κ1) is 9.70. The first-order chi connectivity index (χ1) is 6.15. The van der Waals surface area contributed by atoms with Crippen LogP contribution >= 0.6 is 0 Å². The lowest BCUT2D eigenvalue weighted by atomic mass is 10.3. The normalized spacial score (nSPS) is 10.0. The summed E-state index contributed by atoms with van der Waals surface area (Å²) in [7, 11) is 0. The first-order valence-corrected chi connectivity index (χ1v) is 3.91. The summed E-state index contributed by atoms with van der Waals surface area (Å²) in [6.45, 7) is 1.96. The number of carbonyl (C=O) groups is 1. The van der Waals surface area contributed by atoms with Crippen LogP contribution in [0.1, 0.15) is 5.56 Å². The standard InChI is InChI=1S/C7H6.C2H6N2O2/c1-5-2-3-6-4-7(5)6;3-4-1-2(5)6/h2-4H,1H3;4H,1,3H2,(H,5,6). The van der Waals surface area contributed by atoms with Gasteiger partial charge in [-0.15, -0.1) is 0 Å². The van der Waals surface area contributed by atoms with E-state index < -0.39 is 5.97 Å². The van der Waals surface area contributed by atoms with E-state index in [0.29, 0.717) is 0 Å². The fourth-order valence-corrected chi connectivity index (χ4v) is 0.991. The maximum Gasteiger partial charge on any atom is 0.318 e. The van der Waals surface area contributed by atoms with E-state index in [1.165, 1.54) is 16.7 Å². The minimum atomic E-state index is -0.947. The third kappa shape index (κ3) is 2.85. The molecule has 0 atom stereocenters. The molecule has 4 nitrogen and oxygen atoms in total. The Kier molecular flexibility index (Phi) is 3.00. The molecule has 0 aromatic rings. The Morgan fingerprint density at radius 3 is 2.38 bits per heavy atom. The van der Waals surface area contributed by atoms with Gasteiger partial charge in [0.05, 0.1) is 0 Å². The maximum atomic E-state index is 9.46. The Labute approximate surface area is 76.3 Å². The zero-order valence-corrected chi connectivity index (χ0v) is 7.37. The molecule has 13 heavy (non-hydrogen) atoms. The molecule has 2 aliphatic rings. The topological polar surface area (TPSA) is 75.3 Å². The largest absolute Gasteiger partial charge is 0.480 e. The van der Waals surface area contributed by atoms with E-state index in [4.69, 9.17) is 5.11 Å². The van der Waals surface area contributed by atoms with Crippen molar-refractivity contribution in [3.63, 3.8) is 0 Å². The van der Waals surface area contributed by atoms with E-state index in [2.05, 4.69) is 31.0 Å². The molecule has 0 aromatic carbocycles. The summed E-state index contributed by atoms with van der Waals surface area (Å²) < 4.78 is 0. The maximum absolute atomic E-state index is 9.46. The van der Waals surface area contributed by atoms with Crippen LogP contribution in [0.3, 0.4) is 0 Å². The molecule has 2 aliphatic carbocycles. The van der Waals surface area contributed by atoms with Crippen molar-refractivity contribution in [1.82, 2.24) is 5.43 Å². The predicted octanol–water partition coefficient (Wildman–Crippen LogP) is 0.510. The molecule has 70 valence electrons. The van der Waals surface area contributed by atoms with Crippen LogP contribution in [0.5, 0.6) is 0 Å². The van der Waals surface area contributed by atoms with Crippen LogP contribution in [0.15, 0.2) is 18.2 Å². The van der Waals surface area contributed by atoms with Crippen LogP contribution < -0.4 is 11.3 Å². The van der Waals surface area contributed by atoms with Crippen LogP contribution in [0, 0.1) is 6.92 Å². The Hall–Kier alpha value is -1.39. The molecule has 0 saturated heterocycles. The zero-order valence-electron chi connectivity index (χ0n) is 7.37. The van der Waals surface area contributed by atoms with Crippen LogP contribution in [-0.4, -0.2) is 17.6 Å². The molecule has 0 radical (unpaired) electrons. The smallest absolute Gasteiger partial charge is 0.318 e. The summed E-state index contributed by atoms with van der Waals surface area (Å²) in [5, 5.41) is 7.77. The minimum absolute atomic E-state index is 0.181. The van der Waals surface area contributed by atoms with Crippen molar-refractivity contribution in [1.29, 1.82) is 0 Å². The van der Waals surface area contributed by atoms with Crippen molar-refractivity contribution in [3.05, 3.63) is 23.8 Å². The molecular weight excluding hydrogens is 168 g/mol. The minimum Gasteiger partial charge on any atom is -0.480 e. The molecule has 0 unspecified atom stereocenters. The summed E-state index contributed by atoms with van der Waals surface area (Å²) in [6, 6.07) is 6.52. The van der Waals surface area contributed by atoms with Gasteiger partial charge >= 0.3 is 5.97 Å². The second kappa shape index (κ2) is 4.02. The van der Waals surface area contributed by atoms with Gasteiger partial charge in [0, 0.05) is 0 Å². The van der Waals surface area contributed by atoms with Gasteiger partial charge < -0.3 is 5.11 Å². The third-order valence-electron chi connectivity index (χ3n) is 1.72. The highest BCUT2D eigenvalue weighted by Crippen LogP contribution is 2.37. The molecule has 0 spiro atoms. The number of hydrogen-bond donors (Lipinski definition) is 3. The van der Waals surface area contributed by atoms with Crippen molar-refractivity contribution in [2.24, 2.45) is 5.84 Å². The number of fused-ring (bicyclic) bond motifs is 1. The van der Waals surface area contributed by atoms with Gasteiger partial charge in [0.25, 0.3) is 0 Å². The fraction of sp³-hybridized carbons (Fsp3) is 0.222. The lowest BCUT2D eigenvalue weighted by Crippen LogP contribution is -2.28. The number of carboxylic acids is 1. The summed E-state index contributed by atoms with van der Waals surface area (Å²) in [5.74, 6) is 3.65. The molecule has 2 rings (SSSR count). The van der Waals surface area contributed by atoms with Crippen LogP contribution in [-0.2, 0) is 4.79 Å². The van der Waals surface area contributed by atoms with Gasteiger partial charge in [0.1, 0.15) is 6.54 Å². The van der Waals surface area contributed by atoms with E-state index in [9.17, 15) is 4.79 Å². The number of hydrazine groups is 1. The quantitative estimate of drug-likeness (QED) is 0.465. The highest BCUT2D eigenvalue weighted by Gasteiger charge is 2.12. The van der Waals surface area contributed by atoms with Gasteiger partial charge in [-0.25, -0.2) is 5.43 Å². The first-order valence-electron chi connectivity index (χ1n) is 3.91. The molecule has 0 aromatic heterocycles. The summed E-state index contributed by atoms with van der Waals surface area (Å²) in [5.41, 5.74) is 6.31. The van der Waals surface area contributed by atoms with Crippen molar-refractivity contribution in [3.8, 4) is 11.1 Å². The van der Waals surface area contributed by atoms with E-state index in [1.54, 1.807) is 0 Å². The third-order valence-corrected chi connectivity index (χ3v) is 1.72. The van der Waals surface area contributed by atoms with Gasteiger partial charge in [0.15, 0.2) is 0 Å². The van der Waals surface area contributed by atoms with Crippen LogP contribution in [0.4, 0.5) is 0 Å². The highest BCUT2D eigenvalue weighted by molar-refractivity contribution is 5.84. The van der Waals surface area contributed by atoms with E-state index in [1.807, 2.05) is 5.43 Å². The van der Waals surface area contributed by atoms with Crippen molar-refractivity contribution in [2.75, 3.05) is 6.54 Å². The lowest BCUT2D eigenvalue weighted by Gasteiger charge is -1.84. The average Bonchev–Trinajstić information content (AvgIpc) is 2.73. The van der Waals surface area contributed by atoms with Gasteiger partial charge in [-0.05, 0) is 29.7 Å². The van der Waals surface area contributed by atoms with Crippen LogP contribution in [0.2, 0.25) is 0 Å². The number of benzene rings is 1. The van der Waals surface area contributed by atoms with E-state index in [0.717, 1.165) is 0 Å². The molecule has 4 heteroatoms. The molecule has 4 N–H and O–H groups in total. The molecule has 0 aliphatic heterocycles.